The summed E-state index contributed by atoms with van der Waals surface area (Å²) in [5, 5.41) is 4.11. The second-order valence-electron chi connectivity index (χ2n) is 8.20. The van der Waals surface area contributed by atoms with Gasteiger partial charge < -0.3 is 14.5 Å². The Morgan fingerprint density at radius 1 is 0.971 bits per heavy atom. The lowest BCUT2D eigenvalue weighted by atomic mass is 10.00. The molecule has 2 aliphatic rings. The molecular weight excluding hydrogens is 444 g/mol. The van der Waals surface area contributed by atoms with Gasteiger partial charge in [-0.05, 0) is 49.6 Å². The molecule has 0 atom stereocenters. The molecule has 174 valence electrons. The van der Waals surface area contributed by atoms with Gasteiger partial charge in [0.05, 0.1) is 0 Å². The average Bonchev–Trinajstić information content (AvgIpc) is 3.08. The smallest absolute Gasteiger partial charge is 0.397 e. The van der Waals surface area contributed by atoms with Crippen LogP contribution in [0.15, 0.2) is 54.1 Å². The molecule has 5 rings (SSSR count). The molecule has 0 saturated carbocycles. The Labute approximate surface area is 194 Å². The number of fused-ring (bicyclic) bond motifs is 2. The molecule has 0 radical (unpaired) electrons. The molecule has 34 heavy (non-hydrogen) atoms. The van der Waals surface area contributed by atoms with Crippen molar-refractivity contribution in [3.8, 4) is 17.1 Å². The lowest BCUT2D eigenvalue weighted by molar-refractivity contribution is -0.161. The second kappa shape index (κ2) is 9.18. The van der Waals surface area contributed by atoms with Crippen molar-refractivity contribution < 1.29 is 27.9 Å². The molecule has 2 aliphatic heterocycles. The monoisotopic (exact) mass is 465 g/mol. The highest BCUT2D eigenvalue weighted by atomic mass is 19.1. The minimum atomic E-state index is -1.18. The van der Waals surface area contributed by atoms with Crippen molar-refractivity contribution in [1.29, 1.82) is 0 Å². The van der Waals surface area contributed by atoms with Crippen LogP contribution in [0.5, 0.6) is 5.88 Å². The molecule has 0 spiro atoms. The van der Waals surface area contributed by atoms with E-state index in [1.807, 2.05) is 12.1 Å². The second-order valence-corrected chi connectivity index (χ2v) is 8.20. The van der Waals surface area contributed by atoms with Gasteiger partial charge in [0.2, 0.25) is 5.88 Å². The summed E-state index contributed by atoms with van der Waals surface area (Å²) in [7, 11) is 0. The molecule has 1 aromatic heterocycles. The fourth-order valence-corrected chi connectivity index (χ4v) is 4.21. The highest BCUT2D eigenvalue weighted by Crippen LogP contribution is 2.33. The minimum absolute atomic E-state index is 0.00678. The van der Waals surface area contributed by atoms with Gasteiger partial charge in [0, 0.05) is 36.3 Å². The van der Waals surface area contributed by atoms with Gasteiger partial charge in [-0.2, -0.15) is 0 Å². The Morgan fingerprint density at radius 2 is 1.71 bits per heavy atom. The molecule has 7 nitrogen and oxygen atoms in total. The molecule has 9 heteroatoms. The van der Waals surface area contributed by atoms with Crippen LogP contribution >= 0.6 is 0 Å². The lowest BCUT2D eigenvalue weighted by Gasteiger charge is -2.28. The van der Waals surface area contributed by atoms with Crippen molar-refractivity contribution in [1.82, 2.24) is 14.8 Å². The number of hydrogen-bond donors (Lipinski definition) is 0. The maximum Gasteiger partial charge on any atom is 0.443 e. The van der Waals surface area contributed by atoms with Gasteiger partial charge in [-0.15, -0.1) is 0 Å². The fraction of sp³-hybridized carbons (Fsp3) is 0.240. The van der Waals surface area contributed by atoms with E-state index in [0.29, 0.717) is 35.3 Å². The van der Waals surface area contributed by atoms with Crippen LogP contribution in [0, 0.1) is 11.6 Å². The number of rotatable bonds is 5. The molecular formula is C25H21F2N3O4. The van der Waals surface area contributed by atoms with E-state index in [4.69, 9.17) is 9.57 Å². The van der Waals surface area contributed by atoms with Gasteiger partial charge in [-0.1, -0.05) is 39.8 Å². The van der Waals surface area contributed by atoms with E-state index >= 15 is 0 Å². The zero-order valence-electron chi connectivity index (χ0n) is 18.2. The summed E-state index contributed by atoms with van der Waals surface area (Å²) < 4.78 is 32.5. The summed E-state index contributed by atoms with van der Waals surface area (Å²) in [4.78, 5) is 31.9. The molecule has 0 aliphatic carbocycles. The highest BCUT2D eigenvalue weighted by Gasteiger charge is 2.33. The van der Waals surface area contributed by atoms with Crippen LogP contribution in [0.1, 0.15) is 24.0 Å². The normalized spacial score (nSPS) is 16.1. The van der Waals surface area contributed by atoms with E-state index in [1.165, 1.54) is 23.8 Å². The number of esters is 1. The number of benzene rings is 2. The predicted molar refractivity (Wildman–Crippen MR) is 119 cm³/mol. The summed E-state index contributed by atoms with van der Waals surface area (Å²) in [5.74, 6) is -2.95. The third-order valence-corrected chi connectivity index (χ3v) is 6.00. The number of likely N-dealkylation sites (tertiary alicyclic amines) is 1. The Balaban J connectivity index is 1.32. The quantitative estimate of drug-likeness (QED) is 0.425. The maximum atomic E-state index is 13.9. The van der Waals surface area contributed by atoms with E-state index in [2.05, 4.69) is 10.00 Å². The van der Waals surface area contributed by atoms with E-state index in [1.54, 1.807) is 24.3 Å². The van der Waals surface area contributed by atoms with Crippen molar-refractivity contribution in [3.05, 3.63) is 76.9 Å². The van der Waals surface area contributed by atoms with Gasteiger partial charge in [-0.25, -0.2) is 18.4 Å². The first-order valence-corrected chi connectivity index (χ1v) is 11.0. The molecule has 1 saturated heterocycles. The Kier molecular flexibility index (Phi) is 5.93. The molecule has 0 N–H and O–H groups in total. The average molecular weight is 465 g/mol. The Hall–Kier alpha value is -3.85. The SMILES string of the molecule is O=C1Oc2nn(c(-c3ccc(F)cc3)c2CCN2CCC(=Cc3ccccc3F)CC2)OC1=O. The summed E-state index contributed by atoms with van der Waals surface area (Å²) in [6.45, 7) is 2.24. The zero-order chi connectivity index (χ0) is 23.7. The molecule has 3 aromatic rings. The summed E-state index contributed by atoms with van der Waals surface area (Å²) in [6.07, 6.45) is 4.02. The summed E-state index contributed by atoms with van der Waals surface area (Å²) in [6, 6.07) is 12.4. The van der Waals surface area contributed by atoms with Crippen LogP contribution in [0.25, 0.3) is 17.3 Å². The summed E-state index contributed by atoms with van der Waals surface area (Å²) in [5.41, 5.74) is 3.40. The van der Waals surface area contributed by atoms with Crippen LogP contribution in [-0.4, -0.2) is 46.4 Å². The standard InChI is InChI=1S/C25H21F2N3O4/c26-19-7-5-17(6-8-19)22-20(23-28-30(22)34-25(32)24(31)33-23)11-14-29-12-9-16(10-13-29)15-18-3-1-2-4-21(18)27/h1-8,15H,9-14H2. The van der Waals surface area contributed by atoms with Crippen molar-refractivity contribution in [2.24, 2.45) is 0 Å². The minimum Gasteiger partial charge on any atom is -0.397 e. The number of ether oxygens (including phenoxy) is 1. The molecule has 0 amide bonds. The highest BCUT2D eigenvalue weighted by molar-refractivity contribution is 6.30. The third kappa shape index (κ3) is 4.47. The number of nitrogens with zero attached hydrogens (tertiary/aromatic N) is 3. The number of hydrogen-bond acceptors (Lipinski definition) is 6. The van der Waals surface area contributed by atoms with E-state index in [9.17, 15) is 18.4 Å². The first kappa shape index (κ1) is 22.0. The van der Waals surface area contributed by atoms with Crippen molar-refractivity contribution in [2.75, 3.05) is 19.6 Å². The number of aromatic nitrogens is 2. The number of halogens is 2. The van der Waals surface area contributed by atoms with Crippen molar-refractivity contribution >= 4 is 18.0 Å². The maximum absolute atomic E-state index is 13.9. The van der Waals surface area contributed by atoms with Crippen molar-refractivity contribution in [3.63, 3.8) is 0 Å². The number of carbonyl (C=O) groups is 2. The molecule has 1 fully saturated rings. The van der Waals surface area contributed by atoms with Crippen molar-refractivity contribution in [2.45, 2.75) is 19.3 Å². The Morgan fingerprint density at radius 3 is 2.44 bits per heavy atom. The van der Waals surface area contributed by atoms with Gasteiger partial charge in [-0.3, -0.25) is 0 Å². The topological polar surface area (TPSA) is 73.7 Å². The number of piperidine rings is 1. The molecule has 2 bridgehead atoms. The van der Waals surface area contributed by atoms with Gasteiger partial charge >= 0.3 is 11.9 Å². The van der Waals surface area contributed by atoms with Crippen LogP contribution in [0.4, 0.5) is 8.78 Å². The van der Waals surface area contributed by atoms with Crippen LogP contribution in [0.3, 0.4) is 0 Å². The van der Waals surface area contributed by atoms with Gasteiger partial charge in [0.1, 0.15) is 17.3 Å². The van der Waals surface area contributed by atoms with Crippen LogP contribution in [0.2, 0.25) is 0 Å². The molecule has 3 heterocycles. The van der Waals surface area contributed by atoms with E-state index in [-0.39, 0.29) is 11.7 Å². The predicted octanol–water partition coefficient (Wildman–Crippen LogP) is 3.42. The largest absolute Gasteiger partial charge is 0.443 e. The summed E-state index contributed by atoms with van der Waals surface area (Å²) >= 11 is 0. The lowest BCUT2D eigenvalue weighted by Crippen LogP contribution is -2.33. The Bertz CT molecular complexity index is 1270. The first-order valence-electron chi connectivity index (χ1n) is 11.0. The van der Waals surface area contributed by atoms with Gasteiger partial charge in [0.25, 0.3) is 0 Å². The molecule has 2 aromatic carbocycles. The molecule has 0 unspecified atom stereocenters. The van der Waals surface area contributed by atoms with Crippen LogP contribution < -0.4 is 9.57 Å². The fourth-order valence-electron chi connectivity index (χ4n) is 4.21. The number of carbonyl (C=O) groups excluding carboxylic acids is 2. The van der Waals surface area contributed by atoms with E-state index in [0.717, 1.165) is 30.8 Å². The van der Waals surface area contributed by atoms with Gasteiger partial charge in [0.15, 0.2) is 0 Å². The van der Waals surface area contributed by atoms with Crippen LogP contribution in [-0.2, 0) is 16.0 Å². The first-order chi connectivity index (χ1) is 16.5. The zero-order valence-corrected chi connectivity index (χ0v) is 18.2. The van der Waals surface area contributed by atoms with E-state index < -0.39 is 17.8 Å². The third-order valence-electron chi connectivity index (χ3n) is 6.00.